The van der Waals surface area contributed by atoms with E-state index in [2.05, 4.69) is 6.92 Å². The third-order valence-electron chi connectivity index (χ3n) is 3.42. The van der Waals surface area contributed by atoms with Gasteiger partial charge in [-0.1, -0.05) is 87.9 Å². The van der Waals surface area contributed by atoms with Crippen LogP contribution in [0.5, 0.6) is 0 Å². The van der Waals surface area contributed by atoms with Gasteiger partial charge in [0.25, 0.3) is 0 Å². The van der Waals surface area contributed by atoms with Crippen molar-refractivity contribution in [2.45, 2.75) is 88.8 Å². The summed E-state index contributed by atoms with van der Waals surface area (Å²) in [6.45, 7) is 4.31. The van der Waals surface area contributed by atoms with Crippen LogP contribution in [0.2, 0.25) is 0 Å². The van der Waals surface area contributed by atoms with Crippen molar-refractivity contribution >= 4 is 29.2 Å². The third-order valence-corrected chi connectivity index (χ3v) is 4.10. The largest absolute Gasteiger partial charge is 0.464 e. The van der Waals surface area contributed by atoms with Gasteiger partial charge in [0.2, 0.25) is 4.33 Å². The fourth-order valence-electron chi connectivity index (χ4n) is 2.17. The topological polar surface area (TPSA) is 26.3 Å². The average Bonchev–Trinajstić information content (AvgIpc) is 2.41. The van der Waals surface area contributed by atoms with Crippen LogP contribution >= 0.6 is 23.2 Å². The van der Waals surface area contributed by atoms with Crippen LogP contribution in [0.15, 0.2) is 0 Å². The quantitative estimate of drug-likeness (QED) is 0.235. The predicted octanol–water partition coefficient (Wildman–Crippen LogP) is 6.03. The van der Waals surface area contributed by atoms with Gasteiger partial charge in [0, 0.05) is 0 Å². The van der Waals surface area contributed by atoms with E-state index in [9.17, 15) is 4.79 Å². The van der Waals surface area contributed by atoms with Gasteiger partial charge < -0.3 is 4.74 Å². The molecule has 2 nitrogen and oxygen atoms in total. The Hall–Kier alpha value is 0.0500. The summed E-state index contributed by atoms with van der Waals surface area (Å²) >= 11 is 11.9. The van der Waals surface area contributed by atoms with Gasteiger partial charge in [0.15, 0.2) is 0 Å². The zero-order chi connectivity index (χ0) is 15.3. The molecule has 0 aliphatic carbocycles. The highest BCUT2D eigenvalue weighted by molar-refractivity contribution is 6.57. The number of carbonyl (C=O) groups is 1. The Morgan fingerprint density at radius 2 is 1.30 bits per heavy atom. The van der Waals surface area contributed by atoms with Gasteiger partial charge in [-0.2, -0.15) is 0 Å². The molecular weight excluding hydrogens is 295 g/mol. The summed E-state index contributed by atoms with van der Waals surface area (Å²) in [6.07, 6.45) is 13.0. The standard InChI is InChI=1S/C16H30Cl2O2/c1-3-5-6-7-8-9-10-11-12-13-14-16(17,18)15(19)20-4-2/h3-14H2,1-2H3. The van der Waals surface area contributed by atoms with Crippen LogP contribution in [0, 0.1) is 0 Å². The first kappa shape index (κ1) is 20.1. The van der Waals surface area contributed by atoms with Crippen molar-refractivity contribution < 1.29 is 9.53 Å². The Bertz CT molecular complexity index is 243. The molecule has 0 unspecified atom stereocenters. The van der Waals surface area contributed by atoms with E-state index in [-0.39, 0.29) is 0 Å². The molecule has 0 spiro atoms. The van der Waals surface area contributed by atoms with E-state index in [4.69, 9.17) is 27.9 Å². The van der Waals surface area contributed by atoms with Crippen LogP contribution in [0.1, 0.15) is 84.5 Å². The highest BCUT2D eigenvalue weighted by Crippen LogP contribution is 2.29. The van der Waals surface area contributed by atoms with E-state index in [1.54, 1.807) is 6.92 Å². The molecule has 0 heterocycles. The van der Waals surface area contributed by atoms with E-state index in [1.807, 2.05) is 0 Å². The number of esters is 1. The Labute approximate surface area is 134 Å². The second-order valence-corrected chi connectivity index (χ2v) is 6.84. The number of ether oxygens (including phenoxy) is 1. The fraction of sp³-hybridized carbons (Fsp3) is 0.938. The summed E-state index contributed by atoms with van der Waals surface area (Å²) in [4.78, 5) is 11.5. The molecule has 0 aliphatic heterocycles. The van der Waals surface area contributed by atoms with Gasteiger partial charge in [0.05, 0.1) is 6.61 Å². The van der Waals surface area contributed by atoms with E-state index in [0.717, 1.165) is 12.8 Å². The Kier molecular flexibility index (Phi) is 12.8. The van der Waals surface area contributed by atoms with Crippen LogP contribution in [0.25, 0.3) is 0 Å². The number of halogens is 2. The molecule has 20 heavy (non-hydrogen) atoms. The maximum Gasteiger partial charge on any atom is 0.342 e. The van der Waals surface area contributed by atoms with E-state index < -0.39 is 10.3 Å². The second kappa shape index (κ2) is 12.8. The second-order valence-electron chi connectivity index (χ2n) is 5.36. The summed E-state index contributed by atoms with van der Waals surface area (Å²) in [5.74, 6) is -0.515. The highest BCUT2D eigenvalue weighted by Gasteiger charge is 2.34. The lowest BCUT2D eigenvalue weighted by molar-refractivity contribution is -0.144. The highest BCUT2D eigenvalue weighted by atomic mass is 35.5. The summed E-state index contributed by atoms with van der Waals surface area (Å²) in [5.41, 5.74) is 0. The summed E-state index contributed by atoms with van der Waals surface area (Å²) in [7, 11) is 0. The monoisotopic (exact) mass is 324 g/mol. The molecule has 0 bridgehead atoms. The number of alkyl halides is 2. The molecule has 120 valence electrons. The van der Waals surface area contributed by atoms with Gasteiger partial charge in [-0.15, -0.1) is 0 Å². The summed E-state index contributed by atoms with van der Waals surface area (Å²) in [6, 6.07) is 0. The number of unbranched alkanes of at least 4 members (excludes halogenated alkanes) is 9. The lowest BCUT2D eigenvalue weighted by Gasteiger charge is -2.17. The minimum atomic E-state index is -1.36. The van der Waals surface area contributed by atoms with Gasteiger partial charge in [0.1, 0.15) is 0 Å². The van der Waals surface area contributed by atoms with Crippen molar-refractivity contribution in [3.05, 3.63) is 0 Å². The Morgan fingerprint density at radius 1 is 0.850 bits per heavy atom. The van der Waals surface area contributed by atoms with Crippen molar-refractivity contribution in [3.8, 4) is 0 Å². The molecule has 0 saturated heterocycles. The van der Waals surface area contributed by atoms with Gasteiger partial charge >= 0.3 is 5.97 Å². The van der Waals surface area contributed by atoms with Crippen LogP contribution in [-0.2, 0) is 9.53 Å². The van der Waals surface area contributed by atoms with Crippen molar-refractivity contribution in [2.24, 2.45) is 0 Å². The molecule has 0 aliphatic rings. The Morgan fingerprint density at radius 3 is 1.75 bits per heavy atom. The molecular formula is C16H30Cl2O2. The maximum absolute atomic E-state index is 11.5. The van der Waals surface area contributed by atoms with Crippen LogP contribution in [0.3, 0.4) is 0 Å². The van der Waals surface area contributed by atoms with Gasteiger partial charge in [-0.05, 0) is 19.8 Å². The molecule has 0 atom stereocenters. The molecule has 0 N–H and O–H groups in total. The molecule has 0 aromatic carbocycles. The zero-order valence-corrected chi connectivity index (χ0v) is 14.6. The third kappa shape index (κ3) is 10.8. The first-order valence-electron chi connectivity index (χ1n) is 8.09. The minimum Gasteiger partial charge on any atom is -0.464 e. The predicted molar refractivity (Wildman–Crippen MR) is 87.5 cm³/mol. The van der Waals surface area contributed by atoms with Gasteiger partial charge in [-0.25, -0.2) is 4.79 Å². The molecule has 0 radical (unpaired) electrons. The van der Waals surface area contributed by atoms with E-state index >= 15 is 0 Å². The number of hydrogen-bond donors (Lipinski definition) is 0. The maximum atomic E-state index is 11.5. The summed E-state index contributed by atoms with van der Waals surface area (Å²) in [5, 5.41) is 0. The molecule has 4 heteroatoms. The minimum absolute atomic E-state index is 0.318. The first-order valence-corrected chi connectivity index (χ1v) is 8.85. The molecule has 0 amide bonds. The molecule has 0 aromatic heterocycles. The number of carbonyl (C=O) groups excluding carboxylic acids is 1. The number of hydrogen-bond acceptors (Lipinski definition) is 2. The van der Waals surface area contributed by atoms with E-state index in [0.29, 0.717) is 13.0 Å². The SMILES string of the molecule is CCCCCCCCCCCCC(Cl)(Cl)C(=O)OCC. The zero-order valence-electron chi connectivity index (χ0n) is 13.1. The molecule has 0 fully saturated rings. The lowest BCUT2D eigenvalue weighted by atomic mass is 10.1. The van der Waals surface area contributed by atoms with Crippen molar-refractivity contribution in [1.82, 2.24) is 0 Å². The van der Waals surface area contributed by atoms with Crippen LogP contribution in [-0.4, -0.2) is 16.9 Å². The molecule has 0 saturated carbocycles. The molecule has 0 rings (SSSR count). The first-order chi connectivity index (χ1) is 9.54. The Balaban J connectivity index is 3.41. The van der Waals surface area contributed by atoms with Crippen molar-refractivity contribution in [2.75, 3.05) is 6.61 Å². The average molecular weight is 325 g/mol. The van der Waals surface area contributed by atoms with Crippen LogP contribution < -0.4 is 0 Å². The van der Waals surface area contributed by atoms with Gasteiger partial charge in [-0.3, -0.25) is 0 Å². The molecule has 0 aromatic rings. The van der Waals surface area contributed by atoms with Crippen molar-refractivity contribution in [1.29, 1.82) is 0 Å². The normalized spacial score (nSPS) is 11.6. The number of rotatable bonds is 13. The van der Waals surface area contributed by atoms with Crippen molar-refractivity contribution in [3.63, 3.8) is 0 Å². The van der Waals surface area contributed by atoms with E-state index in [1.165, 1.54) is 51.4 Å². The smallest absolute Gasteiger partial charge is 0.342 e. The fourth-order valence-corrected chi connectivity index (χ4v) is 2.55. The van der Waals surface area contributed by atoms with Crippen LogP contribution in [0.4, 0.5) is 0 Å². The summed E-state index contributed by atoms with van der Waals surface area (Å²) < 4.78 is 3.48. The lowest BCUT2D eigenvalue weighted by Crippen LogP contribution is -2.28.